The summed E-state index contributed by atoms with van der Waals surface area (Å²) in [5.41, 5.74) is 0.146. The topological polar surface area (TPSA) is 65.9 Å². The van der Waals surface area contributed by atoms with Crippen LogP contribution in [0.2, 0.25) is 0 Å². The van der Waals surface area contributed by atoms with Crippen molar-refractivity contribution in [2.75, 3.05) is 13.7 Å². The molecule has 0 N–H and O–H groups in total. The molecule has 0 spiro atoms. The van der Waals surface area contributed by atoms with Gasteiger partial charge in [0.15, 0.2) is 5.76 Å². The molecule has 1 heterocycles. The SMILES string of the molecule is [C-]#[N+]c1cc(-c2cnc(C(=O)OCC)o2)c(OC)cc1F. The fourth-order valence-corrected chi connectivity index (χ4v) is 1.68. The fraction of sp³-hybridized carbons (Fsp3) is 0.214. The standard InChI is InChI=1S/C14H11FN2O4/c1-4-20-14(18)13-17-7-12(21-13)8-5-10(16-2)9(15)6-11(8)19-3/h5-7H,4H2,1,3H3. The van der Waals surface area contributed by atoms with Gasteiger partial charge < -0.3 is 13.9 Å². The van der Waals surface area contributed by atoms with E-state index < -0.39 is 11.8 Å². The molecule has 2 aromatic rings. The van der Waals surface area contributed by atoms with Gasteiger partial charge in [0.2, 0.25) is 5.69 Å². The fourth-order valence-electron chi connectivity index (χ4n) is 1.68. The van der Waals surface area contributed by atoms with E-state index in [9.17, 15) is 9.18 Å². The Morgan fingerprint density at radius 1 is 1.52 bits per heavy atom. The van der Waals surface area contributed by atoms with Crippen LogP contribution in [0.3, 0.4) is 0 Å². The third-order valence-electron chi connectivity index (χ3n) is 2.61. The van der Waals surface area contributed by atoms with E-state index in [1.54, 1.807) is 6.92 Å². The second kappa shape index (κ2) is 6.05. The molecule has 2 rings (SSSR count). The summed E-state index contributed by atoms with van der Waals surface area (Å²) in [5.74, 6) is -1.26. The Bertz CT molecular complexity index is 718. The number of carbonyl (C=O) groups is 1. The third kappa shape index (κ3) is 2.84. The maximum Gasteiger partial charge on any atom is 0.394 e. The summed E-state index contributed by atoms with van der Waals surface area (Å²) in [6.45, 7) is 8.78. The minimum absolute atomic E-state index is 0.173. The van der Waals surface area contributed by atoms with Crippen molar-refractivity contribution in [1.29, 1.82) is 0 Å². The van der Waals surface area contributed by atoms with E-state index in [1.807, 2.05) is 0 Å². The Balaban J connectivity index is 2.47. The number of nitrogens with zero attached hydrogens (tertiary/aromatic N) is 2. The van der Waals surface area contributed by atoms with Crippen molar-refractivity contribution in [2.45, 2.75) is 6.92 Å². The molecule has 0 aliphatic heterocycles. The summed E-state index contributed by atoms with van der Waals surface area (Å²) in [7, 11) is 1.36. The Kier molecular flexibility index (Phi) is 4.18. The molecule has 0 amide bonds. The maximum atomic E-state index is 13.6. The first-order chi connectivity index (χ1) is 10.1. The molecule has 7 heteroatoms. The molecule has 1 aromatic heterocycles. The summed E-state index contributed by atoms with van der Waals surface area (Å²) in [6.07, 6.45) is 1.29. The maximum absolute atomic E-state index is 13.6. The zero-order valence-electron chi connectivity index (χ0n) is 11.3. The number of methoxy groups -OCH3 is 1. The largest absolute Gasteiger partial charge is 0.496 e. The lowest BCUT2D eigenvalue weighted by Crippen LogP contribution is -2.04. The summed E-state index contributed by atoms with van der Waals surface area (Å²) in [5, 5.41) is 0. The highest BCUT2D eigenvalue weighted by Crippen LogP contribution is 2.35. The number of halogens is 1. The molecular weight excluding hydrogens is 279 g/mol. The first-order valence-corrected chi connectivity index (χ1v) is 5.99. The first kappa shape index (κ1) is 14.5. The van der Waals surface area contributed by atoms with Crippen molar-refractivity contribution in [2.24, 2.45) is 0 Å². The summed E-state index contributed by atoms with van der Waals surface area (Å²) >= 11 is 0. The summed E-state index contributed by atoms with van der Waals surface area (Å²) < 4.78 is 28.6. The van der Waals surface area contributed by atoms with Gasteiger partial charge in [-0.25, -0.2) is 19.0 Å². The zero-order valence-corrected chi connectivity index (χ0v) is 11.3. The third-order valence-corrected chi connectivity index (χ3v) is 2.61. The molecule has 21 heavy (non-hydrogen) atoms. The van der Waals surface area contributed by atoms with Crippen molar-refractivity contribution in [3.63, 3.8) is 0 Å². The van der Waals surface area contributed by atoms with Crippen LogP contribution in [0.4, 0.5) is 10.1 Å². The van der Waals surface area contributed by atoms with Gasteiger partial charge in [0.05, 0.1) is 32.0 Å². The molecule has 0 unspecified atom stereocenters. The number of aromatic nitrogens is 1. The Morgan fingerprint density at radius 2 is 2.29 bits per heavy atom. The van der Waals surface area contributed by atoms with Crippen LogP contribution in [0.15, 0.2) is 22.7 Å². The molecule has 0 radical (unpaired) electrons. The summed E-state index contributed by atoms with van der Waals surface area (Å²) in [6, 6.07) is 2.35. The van der Waals surface area contributed by atoms with E-state index in [0.717, 1.165) is 6.07 Å². The molecule has 108 valence electrons. The van der Waals surface area contributed by atoms with Crippen LogP contribution in [-0.2, 0) is 4.74 Å². The lowest BCUT2D eigenvalue weighted by molar-refractivity contribution is 0.0482. The van der Waals surface area contributed by atoms with Crippen molar-refractivity contribution in [3.05, 3.63) is 41.5 Å². The van der Waals surface area contributed by atoms with Crippen LogP contribution >= 0.6 is 0 Å². The van der Waals surface area contributed by atoms with Crippen LogP contribution in [0.1, 0.15) is 17.6 Å². The number of oxazole rings is 1. The second-order valence-electron chi connectivity index (χ2n) is 3.87. The smallest absolute Gasteiger partial charge is 0.394 e. The van der Waals surface area contributed by atoms with Gasteiger partial charge in [0.1, 0.15) is 11.6 Å². The molecule has 0 aliphatic carbocycles. The molecule has 0 saturated heterocycles. The minimum atomic E-state index is -0.699. The number of rotatable bonds is 4. The van der Waals surface area contributed by atoms with E-state index in [2.05, 4.69) is 9.83 Å². The predicted octanol–water partition coefficient (Wildman–Crippen LogP) is 3.22. The average Bonchev–Trinajstić information content (AvgIpc) is 2.96. The van der Waals surface area contributed by atoms with Crippen LogP contribution < -0.4 is 4.74 Å². The van der Waals surface area contributed by atoms with Crippen molar-refractivity contribution in [1.82, 2.24) is 4.98 Å². The molecule has 0 aliphatic rings. The van der Waals surface area contributed by atoms with E-state index in [0.29, 0.717) is 5.56 Å². The van der Waals surface area contributed by atoms with Crippen molar-refractivity contribution in [3.8, 4) is 17.1 Å². The normalized spacial score (nSPS) is 10.0. The molecule has 0 bridgehead atoms. The Labute approximate surface area is 119 Å². The van der Waals surface area contributed by atoms with Gasteiger partial charge >= 0.3 is 11.9 Å². The number of ether oxygens (including phenoxy) is 2. The van der Waals surface area contributed by atoms with Crippen molar-refractivity contribution >= 4 is 11.7 Å². The van der Waals surface area contributed by atoms with Gasteiger partial charge in [-0.05, 0) is 13.0 Å². The lowest BCUT2D eigenvalue weighted by atomic mass is 10.1. The second-order valence-corrected chi connectivity index (χ2v) is 3.87. The Hall–Kier alpha value is -2.88. The number of esters is 1. The highest BCUT2D eigenvalue weighted by Gasteiger charge is 2.19. The first-order valence-electron chi connectivity index (χ1n) is 5.99. The lowest BCUT2D eigenvalue weighted by Gasteiger charge is -2.07. The van der Waals surface area contributed by atoms with Crippen LogP contribution in [0.25, 0.3) is 16.2 Å². The van der Waals surface area contributed by atoms with Gasteiger partial charge in [-0.2, -0.15) is 0 Å². The van der Waals surface area contributed by atoms with E-state index in [1.165, 1.54) is 19.4 Å². The minimum Gasteiger partial charge on any atom is -0.496 e. The van der Waals surface area contributed by atoms with E-state index >= 15 is 0 Å². The van der Waals surface area contributed by atoms with Crippen molar-refractivity contribution < 1.29 is 23.1 Å². The monoisotopic (exact) mass is 290 g/mol. The predicted molar refractivity (Wildman–Crippen MR) is 70.7 cm³/mol. The number of hydrogen-bond acceptors (Lipinski definition) is 5. The number of benzene rings is 1. The average molecular weight is 290 g/mol. The molecule has 0 saturated carbocycles. The zero-order chi connectivity index (χ0) is 15.4. The van der Waals surface area contributed by atoms with Gasteiger partial charge in [0, 0.05) is 6.07 Å². The van der Waals surface area contributed by atoms with Gasteiger partial charge in [-0.3, -0.25) is 0 Å². The van der Waals surface area contributed by atoms with Crippen LogP contribution in [-0.4, -0.2) is 24.7 Å². The van der Waals surface area contributed by atoms with Gasteiger partial charge in [0.25, 0.3) is 0 Å². The number of carbonyl (C=O) groups excluding carboxylic acids is 1. The molecule has 0 fully saturated rings. The van der Waals surface area contributed by atoms with Gasteiger partial charge in [-0.1, -0.05) is 0 Å². The van der Waals surface area contributed by atoms with Gasteiger partial charge in [-0.15, -0.1) is 0 Å². The highest BCUT2D eigenvalue weighted by atomic mass is 19.1. The summed E-state index contributed by atoms with van der Waals surface area (Å²) in [4.78, 5) is 18.4. The molecule has 1 aromatic carbocycles. The molecule has 6 nitrogen and oxygen atoms in total. The van der Waals surface area contributed by atoms with E-state index in [-0.39, 0.29) is 29.7 Å². The van der Waals surface area contributed by atoms with Crippen LogP contribution in [0, 0.1) is 12.4 Å². The quantitative estimate of drug-likeness (QED) is 0.639. The molecular formula is C14H11FN2O4. The highest BCUT2D eigenvalue weighted by molar-refractivity contribution is 5.85. The Morgan fingerprint density at radius 3 is 2.90 bits per heavy atom. The number of hydrogen-bond donors (Lipinski definition) is 0. The van der Waals surface area contributed by atoms with Crippen LogP contribution in [0.5, 0.6) is 5.75 Å². The molecule has 0 atom stereocenters. The van der Waals surface area contributed by atoms with E-state index in [4.69, 9.17) is 20.5 Å².